The Morgan fingerprint density at radius 1 is 1.12 bits per heavy atom. The quantitative estimate of drug-likeness (QED) is 0.725. The number of carbonyl (C=O) groups excluding carboxylic acids is 1. The highest BCUT2D eigenvalue weighted by Gasteiger charge is 2.30. The maximum atomic E-state index is 14.4. The Hall–Kier alpha value is -2.36. The molecule has 0 radical (unpaired) electrons. The van der Waals surface area contributed by atoms with Crippen molar-refractivity contribution in [3.8, 4) is 5.75 Å². The standard InChI is InChI=1S/C21H23FO3/c1-3-14-5-7-15(8-6-14)9-11-17-13-16-10-12-18(24-4-2)20(22)19(16)21(23)25-17/h5-8,10,12,17H,3-4,9,11,13H2,1-2H3. The Balaban J connectivity index is 1.69. The number of hydrogen-bond acceptors (Lipinski definition) is 3. The van der Waals surface area contributed by atoms with Crippen LogP contribution < -0.4 is 4.74 Å². The number of ether oxygens (including phenoxy) is 2. The topological polar surface area (TPSA) is 35.5 Å². The fraction of sp³-hybridized carbons (Fsp3) is 0.381. The van der Waals surface area contributed by atoms with Crippen molar-refractivity contribution in [1.29, 1.82) is 0 Å². The normalized spacial score (nSPS) is 16.3. The summed E-state index contributed by atoms with van der Waals surface area (Å²) in [6.45, 7) is 4.26. The first-order valence-corrected chi connectivity index (χ1v) is 8.85. The Kier molecular flexibility index (Phi) is 5.37. The average Bonchev–Trinajstić information content (AvgIpc) is 2.62. The molecule has 0 aromatic heterocycles. The highest BCUT2D eigenvalue weighted by Crippen LogP contribution is 2.30. The minimum Gasteiger partial charge on any atom is -0.491 e. The number of carbonyl (C=O) groups is 1. The van der Waals surface area contributed by atoms with Gasteiger partial charge in [-0.1, -0.05) is 37.3 Å². The van der Waals surface area contributed by atoms with Crippen LogP contribution in [0.5, 0.6) is 5.75 Å². The van der Waals surface area contributed by atoms with Crippen LogP contribution in [0.4, 0.5) is 4.39 Å². The van der Waals surface area contributed by atoms with E-state index in [-0.39, 0.29) is 17.4 Å². The van der Waals surface area contributed by atoms with E-state index >= 15 is 0 Å². The van der Waals surface area contributed by atoms with Crippen molar-refractivity contribution >= 4 is 5.97 Å². The summed E-state index contributed by atoms with van der Waals surface area (Å²) in [4.78, 5) is 12.3. The molecule has 1 atom stereocenters. The highest BCUT2D eigenvalue weighted by molar-refractivity contribution is 5.93. The van der Waals surface area contributed by atoms with E-state index in [2.05, 4.69) is 31.2 Å². The van der Waals surface area contributed by atoms with Crippen molar-refractivity contribution in [3.05, 3.63) is 64.5 Å². The van der Waals surface area contributed by atoms with Crippen LogP contribution in [0.15, 0.2) is 36.4 Å². The van der Waals surface area contributed by atoms with Gasteiger partial charge in [-0.3, -0.25) is 0 Å². The molecule has 0 amide bonds. The van der Waals surface area contributed by atoms with Gasteiger partial charge in [0.1, 0.15) is 11.7 Å². The molecule has 25 heavy (non-hydrogen) atoms. The van der Waals surface area contributed by atoms with Crippen molar-refractivity contribution in [1.82, 2.24) is 0 Å². The lowest BCUT2D eigenvalue weighted by atomic mass is 9.94. The van der Waals surface area contributed by atoms with Gasteiger partial charge in [0.15, 0.2) is 11.6 Å². The molecule has 3 rings (SSSR count). The smallest absolute Gasteiger partial charge is 0.341 e. The molecule has 3 nitrogen and oxygen atoms in total. The number of hydrogen-bond donors (Lipinski definition) is 0. The van der Waals surface area contributed by atoms with E-state index in [1.165, 1.54) is 11.1 Å². The SMILES string of the molecule is CCOc1ccc2c(c1F)C(=O)OC(CCc1ccc(CC)cc1)C2. The Morgan fingerprint density at radius 2 is 1.84 bits per heavy atom. The lowest BCUT2D eigenvalue weighted by Gasteiger charge is -2.25. The molecule has 0 bridgehead atoms. The number of rotatable bonds is 6. The van der Waals surface area contributed by atoms with E-state index in [0.29, 0.717) is 18.6 Å². The molecule has 1 unspecified atom stereocenters. The molecule has 0 spiro atoms. The fourth-order valence-electron chi connectivity index (χ4n) is 3.18. The molecule has 0 saturated carbocycles. The lowest BCUT2D eigenvalue weighted by Crippen LogP contribution is -2.29. The maximum absolute atomic E-state index is 14.4. The third-order valence-corrected chi connectivity index (χ3v) is 4.60. The third kappa shape index (κ3) is 3.84. The second-order valence-electron chi connectivity index (χ2n) is 6.28. The summed E-state index contributed by atoms with van der Waals surface area (Å²) in [5, 5.41) is 0. The average molecular weight is 342 g/mol. The van der Waals surface area contributed by atoms with Gasteiger partial charge in [0, 0.05) is 6.42 Å². The Labute approximate surface area is 147 Å². The number of esters is 1. The molecule has 132 valence electrons. The van der Waals surface area contributed by atoms with Crippen LogP contribution in [0.2, 0.25) is 0 Å². The predicted molar refractivity (Wildman–Crippen MR) is 94.6 cm³/mol. The first kappa shape index (κ1) is 17.5. The molecule has 2 aromatic rings. The molecule has 0 N–H and O–H groups in total. The van der Waals surface area contributed by atoms with E-state index < -0.39 is 11.8 Å². The number of fused-ring (bicyclic) bond motifs is 1. The number of benzene rings is 2. The monoisotopic (exact) mass is 342 g/mol. The van der Waals surface area contributed by atoms with Crippen LogP contribution in [0.3, 0.4) is 0 Å². The van der Waals surface area contributed by atoms with Crippen LogP contribution >= 0.6 is 0 Å². The Bertz CT molecular complexity index is 752. The zero-order chi connectivity index (χ0) is 17.8. The summed E-state index contributed by atoms with van der Waals surface area (Å²) < 4.78 is 25.1. The summed E-state index contributed by atoms with van der Waals surface area (Å²) >= 11 is 0. The number of halogens is 1. The second-order valence-corrected chi connectivity index (χ2v) is 6.28. The van der Waals surface area contributed by atoms with Gasteiger partial charge >= 0.3 is 5.97 Å². The van der Waals surface area contributed by atoms with E-state index in [1.54, 1.807) is 19.1 Å². The van der Waals surface area contributed by atoms with Crippen LogP contribution in [-0.4, -0.2) is 18.7 Å². The molecule has 0 fully saturated rings. The van der Waals surface area contributed by atoms with Crippen molar-refractivity contribution in [2.24, 2.45) is 0 Å². The first-order chi connectivity index (χ1) is 12.1. The zero-order valence-electron chi connectivity index (χ0n) is 14.7. The summed E-state index contributed by atoms with van der Waals surface area (Å²) in [6.07, 6.45) is 2.90. The summed E-state index contributed by atoms with van der Waals surface area (Å²) in [5.74, 6) is -1.10. The fourth-order valence-corrected chi connectivity index (χ4v) is 3.18. The van der Waals surface area contributed by atoms with E-state index in [4.69, 9.17) is 9.47 Å². The zero-order valence-corrected chi connectivity index (χ0v) is 14.7. The van der Waals surface area contributed by atoms with Crippen LogP contribution in [-0.2, 0) is 24.0 Å². The van der Waals surface area contributed by atoms with Gasteiger partial charge < -0.3 is 9.47 Å². The van der Waals surface area contributed by atoms with E-state index in [9.17, 15) is 9.18 Å². The van der Waals surface area contributed by atoms with Gasteiger partial charge in [-0.2, -0.15) is 0 Å². The van der Waals surface area contributed by atoms with Gasteiger partial charge in [-0.05, 0) is 48.9 Å². The van der Waals surface area contributed by atoms with Gasteiger partial charge in [0.05, 0.1) is 6.61 Å². The van der Waals surface area contributed by atoms with Crippen LogP contribution in [0.1, 0.15) is 47.3 Å². The summed E-state index contributed by atoms with van der Waals surface area (Å²) in [7, 11) is 0. The van der Waals surface area contributed by atoms with Gasteiger partial charge in [0.2, 0.25) is 0 Å². The minimum atomic E-state index is -0.613. The third-order valence-electron chi connectivity index (χ3n) is 4.60. The number of aryl methyl sites for hydroxylation is 2. The summed E-state index contributed by atoms with van der Waals surface area (Å²) in [5.41, 5.74) is 3.25. The summed E-state index contributed by atoms with van der Waals surface area (Å²) in [6, 6.07) is 11.9. The molecule has 1 heterocycles. The van der Waals surface area contributed by atoms with E-state index in [0.717, 1.165) is 19.3 Å². The van der Waals surface area contributed by atoms with Gasteiger partial charge in [-0.25, -0.2) is 9.18 Å². The van der Waals surface area contributed by atoms with Crippen molar-refractivity contribution in [2.75, 3.05) is 6.61 Å². The molecule has 1 aliphatic rings. The number of cyclic esters (lactones) is 1. The maximum Gasteiger partial charge on any atom is 0.341 e. The van der Waals surface area contributed by atoms with Crippen molar-refractivity contribution < 1.29 is 18.7 Å². The van der Waals surface area contributed by atoms with Crippen molar-refractivity contribution in [2.45, 2.75) is 45.6 Å². The molecule has 0 saturated heterocycles. The van der Waals surface area contributed by atoms with Crippen LogP contribution in [0.25, 0.3) is 0 Å². The molecule has 2 aromatic carbocycles. The van der Waals surface area contributed by atoms with E-state index in [1.807, 2.05) is 0 Å². The highest BCUT2D eigenvalue weighted by atomic mass is 19.1. The minimum absolute atomic E-state index is 0.0227. The lowest BCUT2D eigenvalue weighted by molar-refractivity contribution is 0.0230. The molecule has 0 aliphatic carbocycles. The second kappa shape index (κ2) is 7.68. The van der Waals surface area contributed by atoms with Crippen LogP contribution in [0, 0.1) is 5.82 Å². The van der Waals surface area contributed by atoms with Crippen molar-refractivity contribution in [3.63, 3.8) is 0 Å². The van der Waals surface area contributed by atoms with Gasteiger partial charge in [-0.15, -0.1) is 0 Å². The largest absolute Gasteiger partial charge is 0.491 e. The first-order valence-electron chi connectivity index (χ1n) is 8.85. The molecule has 1 aliphatic heterocycles. The van der Waals surface area contributed by atoms with Gasteiger partial charge in [0.25, 0.3) is 0 Å². The molecule has 4 heteroatoms. The molecular weight excluding hydrogens is 319 g/mol. The molecular formula is C21H23FO3. The Morgan fingerprint density at radius 3 is 2.52 bits per heavy atom. The predicted octanol–water partition coefficient (Wildman–Crippen LogP) is 4.50.